The summed E-state index contributed by atoms with van der Waals surface area (Å²) in [6, 6.07) is 37.7. The molecule has 158 valence electrons. The number of benzene rings is 4. The summed E-state index contributed by atoms with van der Waals surface area (Å²) in [5.41, 5.74) is 11.2. The second kappa shape index (κ2) is 8.28. The normalized spacial score (nSPS) is 13.2. The van der Waals surface area contributed by atoms with Crippen LogP contribution >= 0.6 is 0 Å². The molecule has 0 fully saturated rings. The van der Waals surface area contributed by atoms with E-state index < -0.39 is 0 Å². The molecule has 0 heterocycles. The third-order valence-electron chi connectivity index (χ3n) is 6.62. The van der Waals surface area contributed by atoms with Crippen molar-refractivity contribution in [2.75, 3.05) is 0 Å². The third kappa shape index (κ3) is 3.94. The van der Waals surface area contributed by atoms with Crippen LogP contribution in [0.4, 0.5) is 0 Å². The van der Waals surface area contributed by atoms with Crippen molar-refractivity contribution in [1.29, 1.82) is 0 Å². The number of fused-ring (bicyclic) bond motifs is 1. The molecule has 0 unspecified atom stereocenters. The van der Waals surface area contributed by atoms with Crippen LogP contribution in [-0.4, -0.2) is 0 Å². The molecular formula is C32H30. The monoisotopic (exact) mass is 414 g/mol. The van der Waals surface area contributed by atoms with Gasteiger partial charge in [-0.25, -0.2) is 0 Å². The standard InChI is InChI=1S/C32H30/c1-32(2,3)28-19-17-23(18-20-28)29-16-10-15-26-21-27(22-30(26)29)31(24-11-6-4-7-12-24)25-13-8-5-9-14-25/h4-20,22,31H,21H2,1-3H3. The van der Waals surface area contributed by atoms with Crippen molar-refractivity contribution in [2.24, 2.45) is 0 Å². The molecule has 4 aromatic rings. The van der Waals surface area contributed by atoms with Crippen LogP contribution in [-0.2, 0) is 11.8 Å². The third-order valence-corrected chi connectivity index (χ3v) is 6.62. The summed E-state index contributed by atoms with van der Waals surface area (Å²) >= 11 is 0. The predicted molar refractivity (Wildman–Crippen MR) is 137 cm³/mol. The second-order valence-electron chi connectivity index (χ2n) is 9.86. The van der Waals surface area contributed by atoms with Crippen LogP contribution in [0.1, 0.15) is 54.5 Å². The molecule has 5 rings (SSSR count). The molecule has 0 radical (unpaired) electrons. The lowest BCUT2D eigenvalue weighted by molar-refractivity contribution is 0.590. The van der Waals surface area contributed by atoms with E-state index in [1.165, 1.54) is 44.5 Å². The van der Waals surface area contributed by atoms with Crippen LogP contribution in [0.2, 0.25) is 0 Å². The molecule has 0 aliphatic heterocycles. The van der Waals surface area contributed by atoms with Gasteiger partial charge in [0.2, 0.25) is 0 Å². The molecule has 1 aliphatic carbocycles. The Hall–Kier alpha value is -3.38. The molecule has 0 nitrogen and oxygen atoms in total. The van der Waals surface area contributed by atoms with Crippen LogP contribution in [0.5, 0.6) is 0 Å². The van der Waals surface area contributed by atoms with Crippen LogP contribution < -0.4 is 0 Å². The zero-order valence-electron chi connectivity index (χ0n) is 19.2. The maximum Gasteiger partial charge on any atom is 0.0305 e. The smallest absolute Gasteiger partial charge is 0.0305 e. The SMILES string of the molecule is CC(C)(C)c1ccc(-c2cccc3c2C=C(C(c2ccccc2)c2ccccc2)C3)cc1. The van der Waals surface area contributed by atoms with Gasteiger partial charge in [-0.1, -0.05) is 136 Å². The lowest BCUT2D eigenvalue weighted by Gasteiger charge is -2.20. The zero-order valence-corrected chi connectivity index (χ0v) is 19.2. The number of rotatable bonds is 4. The summed E-state index contributed by atoms with van der Waals surface area (Å²) in [5.74, 6) is 0.279. The quantitative estimate of drug-likeness (QED) is 0.314. The van der Waals surface area contributed by atoms with E-state index in [4.69, 9.17) is 0 Å². The fraction of sp³-hybridized carbons (Fsp3) is 0.188. The highest BCUT2D eigenvalue weighted by atomic mass is 14.3. The number of hydrogen-bond donors (Lipinski definition) is 0. The lowest BCUT2D eigenvalue weighted by Crippen LogP contribution is -2.10. The Kier molecular flexibility index (Phi) is 5.31. The molecule has 0 saturated carbocycles. The van der Waals surface area contributed by atoms with Crippen molar-refractivity contribution in [1.82, 2.24) is 0 Å². The van der Waals surface area contributed by atoms with E-state index >= 15 is 0 Å². The average molecular weight is 415 g/mol. The number of hydrogen-bond acceptors (Lipinski definition) is 0. The van der Waals surface area contributed by atoms with Gasteiger partial charge >= 0.3 is 0 Å². The molecule has 0 aromatic heterocycles. The van der Waals surface area contributed by atoms with Crippen molar-refractivity contribution in [3.8, 4) is 11.1 Å². The molecule has 1 aliphatic rings. The van der Waals surface area contributed by atoms with Gasteiger partial charge in [-0.15, -0.1) is 0 Å². The Morgan fingerprint density at radius 3 is 1.78 bits per heavy atom. The first-order chi connectivity index (χ1) is 15.5. The van der Waals surface area contributed by atoms with Crippen molar-refractivity contribution >= 4 is 6.08 Å². The van der Waals surface area contributed by atoms with Gasteiger partial charge in [0.05, 0.1) is 0 Å². The van der Waals surface area contributed by atoms with E-state index in [9.17, 15) is 0 Å². The molecule has 0 N–H and O–H groups in total. The van der Waals surface area contributed by atoms with E-state index in [2.05, 4.69) is 130 Å². The fourth-order valence-electron chi connectivity index (χ4n) is 4.89. The first kappa shape index (κ1) is 20.5. The molecule has 0 amide bonds. The van der Waals surface area contributed by atoms with Crippen LogP contribution in [0.3, 0.4) is 0 Å². The fourth-order valence-corrected chi connectivity index (χ4v) is 4.89. The van der Waals surface area contributed by atoms with Crippen LogP contribution in [0.15, 0.2) is 109 Å². The Labute approximate surface area is 192 Å². The molecular weight excluding hydrogens is 384 g/mol. The topological polar surface area (TPSA) is 0 Å². The van der Waals surface area contributed by atoms with Gasteiger partial charge in [0.15, 0.2) is 0 Å². The van der Waals surface area contributed by atoms with Gasteiger partial charge in [-0.2, -0.15) is 0 Å². The molecule has 32 heavy (non-hydrogen) atoms. The highest BCUT2D eigenvalue weighted by molar-refractivity contribution is 5.82. The van der Waals surface area contributed by atoms with Gasteiger partial charge in [-0.3, -0.25) is 0 Å². The Morgan fingerprint density at radius 1 is 0.625 bits per heavy atom. The summed E-state index contributed by atoms with van der Waals surface area (Å²) in [6.07, 6.45) is 3.45. The Bertz CT molecular complexity index is 1200. The summed E-state index contributed by atoms with van der Waals surface area (Å²) < 4.78 is 0. The maximum atomic E-state index is 2.45. The summed E-state index contributed by atoms with van der Waals surface area (Å²) in [7, 11) is 0. The summed E-state index contributed by atoms with van der Waals surface area (Å²) in [6.45, 7) is 6.81. The predicted octanol–water partition coefficient (Wildman–Crippen LogP) is 8.42. The number of allylic oxidation sites excluding steroid dienone is 1. The van der Waals surface area contributed by atoms with E-state index in [1.807, 2.05) is 0 Å². The van der Waals surface area contributed by atoms with Gasteiger partial charge in [0.1, 0.15) is 0 Å². The summed E-state index contributed by atoms with van der Waals surface area (Å²) in [5, 5.41) is 0. The van der Waals surface area contributed by atoms with Crippen molar-refractivity contribution in [3.63, 3.8) is 0 Å². The Balaban J connectivity index is 1.57. The largest absolute Gasteiger partial charge is 0.0622 e. The Morgan fingerprint density at radius 2 is 1.22 bits per heavy atom. The molecule has 0 bridgehead atoms. The van der Waals surface area contributed by atoms with E-state index in [0.29, 0.717) is 0 Å². The van der Waals surface area contributed by atoms with E-state index in [0.717, 1.165) is 6.42 Å². The van der Waals surface area contributed by atoms with E-state index in [1.54, 1.807) is 0 Å². The van der Waals surface area contributed by atoms with Gasteiger partial charge < -0.3 is 0 Å². The first-order valence-corrected chi connectivity index (χ1v) is 11.5. The zero-order chi connectivity index (χ0) is 22.1. The van der Waals surface area contributed by atoms with Gasteiger partial charge in [-0.05, 0) is 50.8 Å². The summed E-state index contributed by atoms with van der Waals surface area (Å²) in [4.78, 5) is 0. The van der Waals surface area contributed by atoms with Crippen molar-refractivity contribution < 1.29 is 0 Å². The minimum Gasteiger partial charge on any atom is -0.0622 e. The lowest BCUT2D eigenvalue weighted by atomic mass is 9.84. The minimum atomic E-state index is 0.169. The molecule has 0 heteroatoms. The molecule has 0 spiro atoms. The maximum absolute atomic E-state index is 2.45. The van der Waals surface area contributed by atoms with E-state index in [-0.39, 0.29) is 11.3 Å². The average Bonchev–Trinajstić information content (AvgIpc) is 3.24. The molecule has 4 aromatic carbocycles. The molecule has 0 atom stereocenters. The minimum absolute atomic E-state index is 0.169. The van der Waals surface area contributed by atoms with Crippen LogP contribution in [0, 0.1) is 0 Å². The second-order valence-corrected chi connectivity index (χ2v) is 9.86. The van der Waals surface area contributed by atoms with Gasteiger partial charge in [0, 0.05) is 5.92 Å². The highest BCUT2D eigenvalue weighted by Gasteiger charge is 2.25. The van der Waals surface area contributed by atoms with Crippen LogP contribution in [0.25, 0.3) is 17.2 Å². The highest BCUT2D eigenvalue weighted by Crippen LogP contribution is 2.42. The first-order valence-electron chi connectivity index (χ1n) is 11.5. The van der Waals surface area contributed by atoms with Crippen molar-refractivity contribution in [2.45, 2.75) is 38.5 Å². The van der Waals surface area contributed by atoms with Gasteiger partial charge in [0.25, 0.3) is 0 Å². The molecule has 0 saturated heterocycles. The van der Waals surface area contributed by atoms with Crippen molar-refractivity contribution in [3.05, 3.63) is 137 Å².